The summed E-state index contributed by atoms with van der Waals surface area (Å²) in [5.41, 5.74) is 2.15. The molecule has 1 unspecified atom stereocenters. The molecule has 0 spiro atoms. The topological polar surface area (TPSA) is 99.8 Å². The predicted octanol–water partition coefficient (Wildman–Crippen LogP) is 2.36. The zero-order valence-corrected chi connectivity index (χ0v) is 18.6. The number of halogens is 1. The number of guanidine groups is 1. The van der Waals surface area contributed by atoms with Crippen molar-refractivity contribution in [1.82, 2.24) is 10.6 Å². The van der Waals surface area contributed by atoms with E-state index in [1.807, 2.05) is 25.1 Å². The van der Waals surface area contributed by atoms with Crippen molar-refractivity contribution in [2.24, 2.45) is 10.1 Å². The molecule has 0 bridgehead atoms. The van der Waals surface area contributed by atoms with E-state index in [1.54, 1.807) is 12.1 Å². The van der Waals surface area contributed by atoms with Crippen LogP contribution in [0.2, 0.25) is 5.02 Å². The Bertz CT molecular complexity index is 979. The SMILES string of the molecule is CCNC(=NCCc1ccc(S(N)(=O)=O)cc1)NC1CCN(c2cccc(Cl)c2)C1. The second-order valence-electron chi connectivity index (χ2n) is 7.26. The molecule has 0 radical (unpaired) electrons. The molecule has 9 heteroatoms. The van der Waals surface area contributed by atoms with Gasteiger partial charge in [-0.3, -0.25) is 4.99 Å². The summed E-state index contributed by atoms with van der Waals surface area (Å²) in [4.78, 5) is 7.11. The Kier molecular flexibility index (Phi) is 7.58. The zero-order chi connectivity index (χ0) is 21.6. The molecule has 4 N–H and O–H groups in total. The first-order chi connectivity index (χ1) is 14.3. The summed E-state index contributed by atoms with van der Waals surface area (Å²) in [5.74, 6) is 0.789. The fourth-order valence-electron chi connectivity index (χ4n) is 3.44. The van der Waals surface area contributed by atoms with Crippen molar-refractivity contribution >= 4 is 33.3 Å². The highest BCUT2D eigenvalue weighted by atomic mass is 35.5. The van der Waals surface area contributed by atoms with Crippen LogP contribution in [0.3, 0.4) is 0 Å². The van der Waals surface area contributed by atoms with Crippen molar-refractivity contribution in [3.8, 4) is 0 Å². The van der Waals surface area contributed by atoms with Crippen LogP contribution in [0.4, 0.5) is 5.69 Å². The number of benzene rings is 2. The van der Waals surface area contributed by atoms with E-state index in [-0.39, 0.29) is 4.90 Å². The van der Waals surface area contributed by atoms with Crippen LogP contribution in [0, 0.1) is 0 Å². The van der Waals surface area contributed by atoms with E-state index in [1.165, 1.54) is 12.1 Å². The van der Waals surface area contributed by atoms with Gasteiger partial charge in [0.25, 0.3) is 0 Å². The number of hydrogen-bond acceptors (Lipinski definition) is 4. The second-order valence-corrected chi connectivity index (χ2v) is 9.25. The molecule has 1 aliphatic heterocycles. The number of rotatable bonds is 7. The average molecular weight is 450 g/mol. The van der Waals surface area contributed by atoms with Crippen LogP contribution in [0.25, 0.3) is 0 Å². The van der Waals surface area contributed by atoms with Crippen molar-refractivity contribution < 1.29 is 8.42 Å². The van der Waals surface area contributed by atoms with Gasteiger partial charge in [-0.15, -0.1) is 0 Å². The highest BCUT2D eigenvalue weighted by molar-refractivity contribution is 7.89. The van der Waals surface area contributed by atoms with Crippen LogP contribution in [-0.2, 0) is 16.4 Å². The smallest absolute Gasteiger partial charge is 0.238 e. The highest BCUT2D eigenvalue weighted by Crippen LogP contribution is 2.23. The lowest BCUT2D eigenvalue weighted by Crippen LogP contribution is -2.44. The minimum atomic E-state index is -3.66. The summed E-state index contributed by atoms with van der Waals surface area (Å²) in [6.45, 7) is 5.26. The largest absolute Gasteiger partial charge is 0.369 e. The maximum Gasteiger partial charge on any atom is 0.238 e. The van der Waals surface area contributed by atoms with Gasteiger partial charge in [0.05, 0.1) is 4.90 Å². The summed E-state index contributed by atoms with van der Waals surface area (Å²) in [7, 11) is -3.66. The normalized spacial score (nSPS) is 17.2. The van der Waals surface area contributed by atoms with Gasteiger partial charge in [0.2, 0.25) is 10.0 Å². The molecule has 3 rings (SSSR count). The molecule has 1 heterocycles. The summed E-state index contributed by atoms with van der Waals surface area (Å²) in [5, 5.41) is 12.7. The quantitative estimate of drug-likeness (QED) is 0.445. The van der Waals surface area contributed by atoms with Crippen LogP contribution < -0.4 is 20.7 Å². The number of anilines is 1. The molecule has 0 amide bonds. The number of nitrogens with two attached hydrogens (primary N) is 1. The molecule has 0 aromatic heterocycles. The van der Waals surface area contributed by atoms with Gasteiger partial charge in [0.1, 0.15) is 0 Å². The predicted molar refractivity (Wildman–Crippen MR) is 123 cm³/mol. The third kappa shape index (κ3) is 6.35. The molecule has 1 aliphatic rings. The molecule has 2 aromatic carbocycles. The Morgan fingerprint density at radius 3 is 2.70 bits per heavy atom. The Balaban J connectivity index is 1.54. The fraction of sp³-hybridized carbons (Fsp3) is 0.381. The molecular weight excluding hydrogens is 422 g/mol. The first-order valence-corrected chi connectivity index (χ1v) is 11.9. The Labute approximate surface area is 183 Å². The Morgan fingerprint density at radius 1 is 1.27 bits per heavy atom. The van der Waals surface area contributed by atoms with Crippen LogP contribution in [0.5, 0.6) is 0 Å². The maximum atomic E-state index is 11.3. The summed E-state index contributed by atoms with van der Waals surface area (Å²) >= 11 is 6.12. The number of nitrogens with one attached hydrogen (secondary N) is 2. The molecule has 30 heavy (non-hydrogen) atoms. The van der Waals surface area contributed by atoms with Crippen LogP contribution in [-0.4, -0.2) is 46.6 Å². The molecular formula is C21H28ClN5O2S. The van der Waals surface area contributed by atoms with Crippen LogP contribution in [0.1, 0.15) is 18.9 Å². The van der Waals surface area contributed by atoms with E-state index >= 15 is 0 Å². The lowest BCUT2D eigenvalue weighted by atomic mass is 10.1. The van der Waals surface area contributed by atoms with Crippen LogP contribution in [0.15, 0.2) is 58.4 Å². The lowest BCUT2D eigenvalue weighted by molar-refractivity contribution is 0.598. The van der Waals surface area contributed by atoms with Gasteiger partial charge in [-0.2, -0.15) is 0 Å². The average Bonchev–Trinajstić information content (AvgIpc) is 3.16. The molecule has 1 atom stereocenters. The fourth-order valence-corrected chi connectivity index (χ4v) is 4.14. The van der Waals surface area contributed by atoms with Gasteiger partial charge >= 0.3 is 0 Å². The molecule has 1 saturated heterocycles. The molecule has 162 valence electrons. The third-order valence-corrected chi connectivity index (χ3v) is 6.13. The molecule has 1 fully saturated rings. The minimum absolute atomic E-state index is 0.121. The first kappa shape index (κ1) is 22.4. The standard InChI is InChI=1S/C21H28ClN5O2S/c1-2-24-21(25-12-10-16-6-8-20(9-7-16)30(23,28)29)26-18-11-13-27(15-18)19-5-3-4-17(22)14-19/h3-9,14,18H,2,10-13,15H2,1H3,(H2,23,28,29)(H2,24,25,26). The maximum absolute atomic E-state index is 11.3. The molecule has 2 aromatic rings. The van der Waals surface area contributed by atoms with Gasteiger partial charge in [-0.1, -0.05) is 29.8 Å². The van der Waals surface area contributed by atoms with Gasteiger partial charge in [-0.25, -0.2) is 13.6 Å². The number of aliphatic imine (C=N–C) groups is 1. The number of hydrogen-bond donors (Lipinski definition) is 3. The minimum Gasteiger partial charge on any atom is -0.369 e. The Morgan fingerprint density at radius 2 is 2.03 bits per heavy atom. The van der Waals surface area contributed by atoms with E-state index in [0.717, 1.165) is 48.3 Å². The van der Waals surface area contributed by atoms with Crippen molar-refractivity contribution in [1.29, 1.82) is 0 Å². The van der Waals surface area contributed by atoms with Crippen molar-refractivity contribution in [3.05, 3.63) is 59.1 Å². The van der Waals surface area contributed by atoms with E-state index in [4.69, 9.17) is 16.7 Å². The summed E-state index contributed by atoms with van der Waals surface area (Å²) in [6.07, 6.45) is 1.73. The Hall–Kier alpha value is -2.29. The second kappa shape index (κ2) is 10.1. The highest BCUT2D eigenvalue weighted by Gasteiger charge is 2.23. The van der Waals surface area contributed by atoms with Gasteiger partial charge in [-0.05, 0) is 55.7 Å². The van der Waals surface area contributed by atoms with E-state index < -0.39 is 10.0 Å². The van der Waals surface area contributed by atoms with Crippen LogP contribution >= 0.6 is 11.6 Å². The number of primary sulfonamides is 1. The zero-order valence-electron chi connectivity index (χ0n) is 17.0. The van der Waals surface area contributed by atoms with E-state index in [0.29, 0.717) is 19.0 Å². The summed E-state index contributed by atoms with van der Waals surface area (Å²) in [6, 6.07) is 14.8. The third-order valence-electron chi connectivity index (χ3n) is 4.97. The number of sulfonamides is 1. The molecule has 0 saturated carbocycles. The van der Waals surface area contributed by atoms with Crippen molar-refractivity contribution in [2.45, 2.75) is 30.7 Å². The first-order valence-electron chi connectivity index (χ1n) is 10.0. The van der Waals surface area contributed by atoms with Crippen molar-refractivity contribution in [2.75, 3.05) is 31.1 Å². The molecule has 0 aliphatic carbocycles. The number of nitrogens with zero attached hydrogens (tertiary/aromatic N) is 2. The van der Waals surface area contributed by atoms with Crippen molar-refractivity contribution in [3.63, 3.8) is 0 Å². The van der Waals surface area contributed by atoms with Gasteiger partial charge in [0.15, 0.2) is 5.96 Å². The summed E-state index contributed by atoms with van der Waals surface area (Å²) < 4.78 is 22.7. The molecule has 7 nitrogen and oxygen atoms in total. The van der Waals surface area contributed by atoms with Gasteiger partial charge < -0.3 is 15.5 Å². The van der Waals surface area contributed by atoms with Gasteiger partial charge in [0, 0.05) is 42.9 Å². The lowest BCUT2D eigenvalue weighted by Gasteiger charge is -2.20. The van der Waals surface area contributed by atoms with E-state index in [2.05, 4.69) is 26.6 Å². The van der Waals surface area contributed by atoms with E-state index in [9.17, 15) is 8.42 Å². The monoisotopic (exact) mass is 449 g/mol.